The first-order valence-electron chi connectivity index (χ1n) is 6.47. The summed E-state index contributed by atoms with van der Waals surface area (Å²) >= 11 is 0. The first-order valence-corrected chi connectivity index (χ1v) is 6.47. The summed E-state index contributed by atoms with van der Waals surface area (Å²) in [5.74, 6) is -0.0823. The lowest BCUT2D eigenvalue weighted by Gasteiger charge is -2.07. The summed E-state index contributed by atoms with van der Waals surface area (Å²) in [6.07, 6.45) is 7.75. The molecular formula is C13H27NO2. The quantitative estimate of drug-likeness (QED) is 0.462. The van der Waals surface area contributed by atoms with Gasteiger partial charge in [-0.15, -0.1) is 0 Å². The smallest absolute Gasteiger partial charge is 0.305 e. The standard InChI is InChI=1S/C13H27NO2/c1-12(2)14-11-9-7-5-4-6-8-10-13(15)16-3/h12,14H,4-11H2,1-3H3. The molecular weight excluding hydrogens is 202 g/mol. The Balaban J connectivity index is 3.01. The number of esters is 1. The summed E-state index contributed by atoms with van der Waals surface area (Å²) in [4.78, 5) is 10.8. The van der Waals surface area contributed by atoms with E-state index in [9.17, 15) is 4.79 Å². The van der Waals surface area contributed by atoms with Crippen molar-refractivity contribution in [3.05, 3.63) is 0 Å². The molecule has 0 aromatic carbocycles. The van der Waals surface area contributed by atoms with Crippen molar-refractivity contribution in [2.75, 3.05) is 13.7 Å². The van der Waals surface area contributed by atoms with Crippen LogP contribution >= 0.6 is 0 Å². The second kappa shape index (κ2) is 10.9. The van der Waals surface area contributed by atoms with Crippen LogP contribution in [0.15, 0.2) is 0 Å². The van der Waals surface area contributed by atoms with Crippen molar-refractivity contribution >= 4 is 5.97 Å². The molecule has 3 nitrogen and oxygen atoms in total. The molecule has 0 aromatic heterocycles. The van der Waals surface area contributed by atoms with Crippen LogP contribution in [0.3, 0.4) is 0 Å². The third-order valence-corrected chi connectivity index (χ3v) is 2.59. The monoisotopic (exact) mass is 229 g/mol. The Morgan fingerprint density at radius 1 is 1.06 bits per heavy atom. The van der Waals surface area contributed by atoms with E-state index in [2.05, 4.69) is 23.9 Å². The maximum Gasteiger partial charge on any atom is 0.305 e. The first kappa shape index (κ1) is 15.4. The van der Waals surface area contributed by atoms with Crippen molar-refractivity contribution in [1.82, 2.24) is 5.32 Å². The molecule has 0 fully saturated rings. The lowest BCUT2D eigenvalue weighted by molar-refractivity contribution is -0.140. The zero-order valence-electron chi connectivity index (χ0n) is 11.1. The van der Waals surface area contributed by atoms with Crippen LogP contribution in [0.2, 0.25) is 0 Å². The topological polar surface area (TPSA) is 38.3 Å². The second-order valence-corrected chi connectivity index (χ2v) is 4.56. The lowest BCUT2D eigenvalue weighted by Crippen LogP contribution is -2.23. The van der Waals surface area contributed by atoms with Gasteiger partial charge in [0.15, 0.2) is 0 Å². The molecule has 0 saturated carbocycles. The van der Waals surface area contributed by atoms with Gasteiger partial charge in [-0.25, -0.2) is 0 Å². The summed E-state index contributed by atoms with van der Waals surface area (Å²) < 4.78 is 4.59. The van der Waals surface area contributed by atoms with E-state index in [1.807, 2.05) is 0 Å². The van der Waals surface area contributed by atoms with E-state index in [1.165, 1.54) is 32.8 Å². The minimum atomic E-state index is -0.0823. The maximum absolute atomic E-state index is 10.8. The van der Waals surface area contributed by atoms with E-state index < -0.39 is 0 Å². The third-order valence-electron chi connectivity index (χ3n) is 2.59. The van der Waals surface area contributed by atoms with Crippen molar-refractivity contribution < 1.29 is 9.53 Å². The second-order valence-electron chi connectivity index (χ2n) is 4.56. The van der Waals surface area contributed by atoms with E-state index in [1.54, 1.807) is 0 Å². The molecule has 0 aromatic rings. The number of unbranched alkanes of at least 4 members (excludes halogenated alkanes) is 5. The molecule has 0 unspecified atom stereocenters. The predicted octanol–water partition coefficient (Wildman–Crippen LogP) is 2.89. The van der Waals surface area contributed by atoms with Gasteiger partial charge in [0.1, 0.15) is 0 Å². The molecule has 0 heterocycles. The van der Waals surface area contributed by atoms with Gasteiger partial charge in [-0.3, -0.25) is 4.79 Å². The van der Waals surface area contributed by atoms with Gasteiger partial charge in [0.25, 0.3) is 0 Å². The molecule has 0 atom stereocenters. The van der Waals surface area contributed by atoms with Gasteiger partial charge >= 0.3 is 5.97 Å². The van der Waals surface area contributed by atoms with Crippen LogP contribution in [0.4, 0.5) is 0 Å². The molecule has 3 heteroatoms. The van der Waals surface area contributed by atoms with Gasteiger partial charge in [0.2, 0.25) is 0 Å². The van der Waals surface area contributed by atoms with Crippen molar-refractivity contribution in [1.29, 1.82) is 0 Å². The number of carbonyl (C=O) groups is 1. The fourth-order valence-corrected chi connectivity index (χ4v) is 1.59. The number of ether oxygens (including phenoxy) is 1. The highest BCUT2D eigenvalue weighted by molar-refractivity contribution is 5.68. The summed E-state index contributed by atoms with van der Waals surface area (Å²) in [5.41, 5.74) is 0. The van der Waals surface area contributed by atoms with Crippen LogP contribution < -0.4 is 5.32 Å². The average Bonchev–Trinajstić information content (AvgIpc) is 2.26. The van der Waals surface area contributed by atoms with Crippen molar-refractivity contribution in [3.8, 4) is 0 Å². The maximum atomic E-state index is 10.8. The average molecular weight is 229 g/mol. The SMILES string of the molecule is COC(=O)CCCCCCCCNC(C)C. The van der Waals surface area contributed by atoms with Gasteiger partial charge in [-0.05, 0) is 19.4 Å². The van der Waals surface area contributed by atoms with E-state index >= 15 is 0 Å². The Hall–Kier alpha value is -0.570. The molecule has 0 radical (unpaired) electrons. The zero-order chi connectivity index (χ0) is 12.2. The summed E-state index contributed by atoms with van der Waals surface area (Å²) in [6, 6.07) is 0.597. The zero-order valence-corrected chi connectivity index (χ0v) is 11.1. The Kier molecular flexibility index (Phi) is 10.5. The third kappa shape index (κ3) is 11.5. The number of hydrogen-bond donors (Lipinski definition) is 1. The normalized spacial score (nSPS) is 10.8. The molecule has 0 saturated heterocycles. The molecule has 16 heavy (non-hydrogen) atoms. The predicted molar refractivity (Wildman–Crippen MR) is 67.5 cm³/mol. The van der Waals surface area contributed by atoms with Crippen molar-refractivity contribution in [2.45, 2.75) is 64.8 Å². The van der Waals surface area contributed by atoms with E-state index in [-0.39, 0.29) is 5.97 Å². The van der Waals surface area contributed by atoms with Crippen LogP contribution in [0.5, 0.6) is 0 Å². The highest BCUT2D eigenvalue weighted by Gasteiger charge is 1.99. The van der Waals surface area contributed by atoms with Gasteiger partial charge in [0, 0.05) is 12.5 Å². The van der Waals surface area contributed by atoms with E-state index in [4.69, 9.17) is 0 Å². The van der Waals surface area contributed by atoms with Crippen molar-refractivity contribution in [3.63, 3.8) is 0 Å². The van der Waals surface area contributed by atoms with Crippen LogP contribution in [0.25, 0.3) is 0 Å². The molecule has 1 N–H and O–H groups in total. The molecule has 0 aliphatic carbocycles. The van der Waals surface area contributed by atoms with E-state index in [0.717, 1.165) is 19.4 Å². The van der Waals surface area contributed by atoms with Gasteiger partial charge in [0.05, 0.1) is 7.11 Å². The number of hydrogen-bond acceptors (Lipinski definition) is 3. The van der Waals surface area contributed by atoms with Crippen LogP contribution in [-0.2, 0) is 9.53 Å². The fraction of sp³-hybridized carbons (Fsp3) is 0.923. The fourth-order valence-electron chi connectivity index (χ4n) is 1.59. The molecule has 0 aliphatic heterocycles. The Morgan fingerprint density at radius 3 is 2.19 bits per heavy atom. The van der Waals surface area contributed by atoms with Crippen LogP contribution in [0.1, 0.15) is 58.8 Å². The molecule has 0 spiro atoms. The Labute approximate surface area is 99.9 Å². The van der Waals surface area contributed by atoms with Crippen molar-refractivity contribution in [2.24, 2.45) is 0 Å². The largest absolute Gasteiger partial charge is 0.469 e. The molecule has 0 aliphatic rings. The molecule has 0 bridgehead atoms. The van der Waals surface area contributed by atoms with Crippen LogP contribution in [-0.4, -0.2) is 25.7 Å². The van der Waals surface area contributed by atoms with Gasteiger partial charge in [-0.1, -0.05) is 39.5 Å². The molecule has 0 rings (SSSR count). The summed E-state index contributed by atoms with van der Waals surface area (Å²) in [7, 11) is 1.45. The molecule has 0 amide bonds. The minimum Gasteiger partial charge on any atom is -0.469 e. The minimum absolute atomic E-state index is 0.0823. The van der Waals surface area contributed by atoms with Gasteiger partial charge in [-0.2, -0.15) is 0 Å². The summed E-state index contributed by atoms with van der Waals surface area (Å²) in [6.45, 7) is 5.47. The summed E-state index contributed by atoms with van der Waals surface area (Å²) in [5, 5.41) is 3.41. The first-order chi connectivity index (χ1) is 7.66. The Bertz CT molecular complexity index is 169. The number of methoxy groups -OCH3 is 1. The van der Waals surface area contributed by atoms with Gasteiger partial charge < -0.3 is 10.1 Å². The highest BCUT2D eigenvalue weighted by atomic mass is 16.5. The number of nitrogens with one attached hydrogen (secondary N) is 1. The van der Waals surface area contributed by atoms with Crippen LogP contribution in [0, 0.1) is 0 Å². The highest BCUT2D eigenvalue weighted by Crippen LogP contribution is 2.07. The number of carbonyl (C=O) groups excluding carboxylic acids is 1. The Morgan fingerprint density at radius 2 is 1.62 bits per heavy atom. The van der Waals surface area contributed by atoms with E-state index in [0.29, 0.717) is 12.5 Å². The number of rotatable bonds is 10. The lowest BCUT2D eigenvalue weighted by atomic mass is 10.1. The molecule has 96 valence electrons.